The molecule has 2 aliphatic heterocycles. The summed E-state index contributed by atoms with van der Waals surface area (Å²) in [6, 6.07) is 12.5. The molecule has 1 unspecified atom stereocenters. The molecule has 2 aromatic rings. The molecule has 0 saturated carbocycles. The van der Waals surface area contributed by atoms with Crippen LogP contribution in [0.4, 0.5) is 5.69 Å². The highest BCUT2D eigenvalue weighted by atomic mass is 32.1. The SMILES string of the molecule is CC1(C)c2ccccc2N2CC(=O)NC21C=Cc1cccs1. The molecule has 1 aromatic carbocycles. The van der Waals surface area contributed by atoms with Gasteiger partial charge in [-0.05, 0) is 35.2 Å². The Hall–Kier alpha value is -2.07. The first-order chi connectivity index (χ1) is 10.5. The average molecular weight is 310 g/mol. The summed E-state index contributed by atoms with van der Waals surface area (Å²) in [7, 11) is 0. The zero-order valence-corrected chi connectivity index (χ0v) is 13.5. The van der Waals surface area contributed by atoms with Crippen LogP contribution in [0.15, 0.2) is 47.9 Å². The summed E-state index contributed by atoms with van der Waals surface area (Å²) in [6.45, 7) is 4.82. The number of carbonyl (C=O) groups excluding carboxylic acids is 1. The number of amides is 1. The van der Waals surface area contributed by atoms with Crippen LogP contribution >= 0.6 is 11.3 Å². The van der Waals surface area contributed by atoms with E-state index in [1.165, 1.54) is 10.4 Å². The largest absolute Gasteiger partial charge is 0.335 e. The topological polar surface area (TPSA) is 32.3 Å². The van der Waals surface area contributed by atoms with Crippen molar-refractivity contribution in [3.05, 3.63) is 58.3 Å². The molecule has 3 heterocycles. The molecule has 1 fully saturated rings. The summed E-state index contributed by atoms with van der Waals surface area (Å²) < 4.78 is 0. The molecule has 0 radical (unpaired) electrons. The zero-order valence-electron chi connectivity index (χ0n) is 12.7. The average Bonchev–Trinajstić information content (AvgIpc) is 3.16. The van der Waals surface area contributed by atoms with E-state index in [4.69, 9.17) is 0 Å². The number of hydrogen-bond donors (Lipinski definition) is 1. The molecule has 0 aliphatic carbocycles. The number of carbonyl (C=O) groups is 1. The summed E-state index contributed by atoms with van der Waals surface area (Å²) in [4.78, 5) is 15.5. The minimum Gasteiger partial charge on any atom is -0.335 e. The summed E-state index contributed by atoms with van der Waals surface area (Å²) in [5, 5.41) is 5.30. The lowest BCUT2D eigenvalue weighted by molar-refractivity contribution is -0.118. The first kappa shape index (κ1) is 13.6. The van der Waals surface area contributed by atoms with Gasteiger partial charge in [0.15, 0.2) is 0 Å². The molecule has 22 heavy (non-hydrogen) atoms. The smallest absolute Gasteiger partial charge is 0.241 e. The van der Waals surface area contributed by atoms with Crippen LogP contribution in [0.3, 0.4) is 0 Å². The molecular weight excluding hydrogens is 292 g/mol. The normalized spacial score (nSPS) is 25.4. The highest BCUT2D eigenvalue weighted by molar-refractivity contribution is 7.10. The second kappa shape index (κ2) is 4.46. The van der Waals surface area contributed by atoms with Crippen molar-refractivity contribution in [1.82, 2.24) is 5.32 Å². The summed E-state index contributed by atoms with van der Waals surface area (Å²) in [5.74, 6) is 0.0819. The zero-order chi connectivity index (χ0) is 15.4. The van der Waals surface area contributed by atoms with Crippen LogP contribution in [0, 0.1) is 0 Å². The van der Waals surface area contributed by atoms with Crippen LogP contribution in [-0.4, -0.2) is 18.1 Å². The molecule has 4 heteroatoms. The summed E-state index contributed by atoms with van der Waals surface area (Å²) in [5.41, 5.74) is 1.76. The van der Waals surface area contributed by atoms with Crippen molar-refractivity contribution < 1.29 is 4.79 Å². The molecule has 1 atom stereocenters. The highest BCUT2D eigenvalue weighted by Gasteiger charge is 2.59. The van der Waals surface area contributed by atoms with Gasteiger partial charge in [-0.2, -0.15) is 0 Å². The van der Waals surface area contributed by atoms with Gasteiger partial charge in [-0.25, -0.2) is 0 Å². The number of nitrogens with one attached hydrogen (secondary N) is 1. The number of thiophene rings is 1. The van der Waals surface area contributed by atoms with Gasteiger partial charge in [-0.15, -0.1) is 11.3 Å². The minimum atomic E-state index is -0.488. The third kappa shape index (κ3) is 1.64. The number of anilines is 1. The van der Waals surface area contributed by atoms with Gasteiger partial charge in [0, 0.05) is 16.0 Å². The minimum absolute atomic E-state index is 0.0819. The number of fused-ring (bicyclic) bond motifs is 3. The van der Waals surface area contributed by atoms with Crippen LogP contribution in [0.25, 0.3) is 6.08 Å². The first-order valence-electron chi connectivity index (χ1n) is 7.45. The third-order valence-electron chi connectivity index (χ3n) is 4.91. The molecule has 1 saturated heterocycles. The Bertz CT molecular complexity index is 763. The molecule has 0 bridgehead atoms. The predicted octanol–water partition coefficient (Wildman–Crippen LogP) is 3.39. The Labute approximate surface area is 134 Å². The molecule has 1 N–H and O–H groups in total. The molecule has 1 aromatic heterocycles. The summed E-state index contributed by atoms with van der Waals surface area (Å²) in [6.07, 6.45) is 4.28. The van der Waals surface area contributed by atoms with E-state index >= 15 is 0 Å². The molecule has 2 aliphatic rings. The van der Waals surface area contributed by atoms with E-state index in [1.807, 2.05) is 12.1 Å². The molecule has 1 amide bonds. The van der Waals surface area contributed by atoms with Crippen molar-refractivity contribution in [3.8, 4) is 0 Å². The number of rotatable bonds is 2. The van der Waals surface area contributed by atoms with Gasteiger partial charge in [0.2, 0.25) is 5.91 Å². The van der Waals surface area contributed by atoms with E-state index in [1.54, 1.807) is 11.3 Å². The van der Waals surface area contributed by atoms with Gasteiger partial charge in [0.25, 0.3) is 0 Å². The lowest BCUT2D eigenvalue weighted by Gasteiger charge is -2.40. The van der Waals surface area contributed by atoms with E-state index in [0.29, 0.717) is 6.54 Å². The van der Waals surface area contributed by atoms with E-state index in [-0.39, 0.29) is 11.3 Å². The van der Waals surface area contributed by atoms with Crippen LogP contribution in [0.2, 0.25) is 0 Å². The molecule has 0 spiro atoms. The first-order valence-corrected chi connectivity index (χ1v) is 8.33. The van der Waals surface area contributed by atoms with Crippen molar-refractivity contribution in [3.63, 3.8) is 0 Å². The van der Waals surface area contributed by atoms with Crippen molar-refractivity contribution in [2.45, 2.75) is 24.9 Å². The number of para-hydroxylation sites is 1. The number of benzene rings is 1. The standard InChI is InChI=1S/C18H18N2OS/c1-17(2)14-7-3-4-8-15(14)20-12-16(21)19-18(17,20)10-9-13-6-5-11-22-13/h3-11H,12H2,1-2H3,(H,19,21). The van der Waals surface area contributed by atoms with Crippen LogP contribution in [0.1, 0.15) is 24.3 Å². The number of hydrogen-bond acceptors (Lipinski definition) is 3. The van der Waals surface area contributed by atoms with E-state index in [2.05, 4.69) is 65.9 Å². The monoisotopic (exact) mass is 310 g/mol. The molecule has 3 nitrogen and oxygen atoms in total. The second-order valence-corrected chi connectivity index (χ2v) is 7.37. The maximum atomic E-state index is 12.1. The van der Waals surface area contributed by atoms with Crippen LogP contribution in [-0.2, 0) is 10.2 Å². The third-order valence-corrected chi connectivity index (χ3v) is 5.75. The van der Waals surface area contributed by atoms with E-state index in [9.17, 15) is 4.79 Å². The quantitative estimate of drug-likeness (QED) is 0.922. The van der Waals surface area contributed by atoms with Gasteiger partial charge in [-0.1, -0.05) is 38.1 Å². The maximum absolute atomic E-state index is 12.1. The van der Waals surface area contributed by atoms with Crippen LogP contribution in [0.5, 0.6) is 0 Å². The Morgan fingerprint density at radius 1 is 1.23 bits per heavy atom. The summed E-state index contributed by atoms with van der Waals surface area (Å²) >= 11 is 1.70. The molecule has 112 valence electrons. The molecular formula is C18H18N2OS. The van der Waals surface area contributed by atoms with Gasteiger partial charge in [-0.3, -0.25) is 4.79 Å². The second-order valence-electron chi connectivity index (χ2n) is 6.39. The van der Waals surface area contributed by atoms with Crippen LogP contribution < -0.4 is 10.2 Å². The van der Waals surface area contributed by atoms with E-state index < -0.39 is 5.66 Å². The van der Waals surface area contributed by atoms with E-state index in [0.717, 1.165) is 5.69 Å². The Morgan fingerprint density at radius 3 is 2.82 bits per heavy atom. The van der Waals surface area contributed by atoms with Crippen molar-refractivity contribution in [2.24, 2.45) is 0 Å². The molecule has 4 rings (SSSR count). The van der Waals surface area contributed by atoms with Gasteiger partial charge in [0.1, 0.15) is 5.66 Å². The van der Waals surface area contributed by atoms with Gasteiger partial charge < -0.3 is 10.2 Å². The Morgan fingerprint density at radius 2 is 2.05 bits per heavy atom. The fraction of sp³-hybridized carbons (Fsp3) is 0.278. The lowest BCUT2D eigenvalue weighted by atomic mass is 9.75. The van der Waals surface area contributed by atoms with Crippen molar-refractivity contribution in [2.75, 3.05) is 11.4 Å². The Balaban J connectivity index is 1.87. The Kier molecular flexibility index (Phi) is 2.76. The lowest BCUT2D eigenvalue weighted by Crippen LogP contribution is -2.58. The van der Waals surface area contributed by atoms with Gasteiger partial charge in [0.05, 0.1) is 6.54 Å². The van der Waals surface area contributed by atoms with Crippen molar-refractivity contribution in [1.29, 1.82) is 0 Å². The fourth-order valence-corrected chi connectivity index (χ4v) is 4.35. The fourth-order valence-electron chi connectivity index (χ4n) is 3.73. The van der Waals surface area contributed by atoms with Gasteiger partial charge >= 0.3 is 0 Å². The maximum Gasteiger partial charge on any atom is 0.241 e. The number of nitrogens with zero attached hydrogens (tertiary/aromatic N) is 1. The van der Waals surface area contributed by atoms with Crippen molar-refractivity contribution >= 4 is 29.0 Å². The highest BCUT2D eigenvalue weighted by Crippen LogP contribution is 2.52. The predicted molar refractivity (Wildman–Crippen MR) is 91.0 cm³/mol.